The molecule has 1 aromatic heterocycles. The van der Waals surface area contributed by atoms with Crippen LogP contribution in [0.1, 0.15) is 38.7 Å². The lowest BCUT2D eigenvalue weighted by Gasteiger charge is -2.24. The van der Waals surface area contributed by atoms with Gasteiger partial charge in [0.25, 0.3) is 0 Å². The van der Waals surface area contributed by atoms with Crippen molar-refractivity contribution in [3.8, 4) is 0 Å². The maximum Gasteiger partial charge on any atom is 0.137 e. The van der Waals surface area contributed by atoms with E-state index in [0.717, 1.165) is 37.1 Å². The molecule has 0 radical (unpaired) electrons. The first-order valence-corrected chi connectivity index (χ1v) is 7.02. The van der Waals surface area contributed by atoms with Gasteiger partial charge in [0.2, 0.25) is 0 Å². The van der Waals surface area contributed by atoms with Gasteiger partial charge in [0, 0.05) is 25.7 Å². The maximum absolute atomic E-state index is 4.52. The summed E-state index contributed by atoms with van der Waals surface area (Å²) < 4.78 is 0. The van der Waals surface area contributed by atoms with Gasteiger partial charge >= 0.3 is 0 Å². The second kappa shape index (κ2) is 6.03. The van der Waals surface area contributed by atoms with Crippen LogP contribution in [0.15, 0.2) is 6.33 Å². The molecule has 100 valence electrons. The first-order chi connectivity index (χ1) is 8.76. The van der Waals surface area contributed by atoms with E-state index in [9.17, 15) is 0 Å². The Labute approximate surface area is 110 Å². The van der Waals surface area contributed by atoms with Gasteiger partial charge in [-0.3, -0.25) is 0 Å². The van der Waals surface area contributed by atoms with Crippen LogP contribution in [0.2, 0.25) is 0 Å². The fourth-order valence-corrected chi connectivity index (χ4v) is 2.69. The Kier molecular flexibility index (Phi) is 4.39. The molecule has 2 heterocycles. The highest BCUT2D eigenvalue weighted by molar-refractivity contribution is 5.58. The normalized spacial score (nSPS) is 20.6. The summed E-state index contributed by atoms with van der Waals surface area (Å²) in [6.45, 7) is 6.76. The zero-order valence-electron chi connectivity index (χ0n) is 11.7. The van der Waals surface area contributed by atoms with Crippen molar-refractivity contribution in [2.45, 2.75) is 39.5 Å². The van der Waals surface area contributed by atoms with Crippen LogP contribution in [0.5, 0.6) is 0 Å². The Morgan fingerprint density at radius 1 is 1.33 bits per heavy atom. The van der Waals surface area contributed by atoms with Crippen LogP contribution in [0.3, 0.4) is 0 Å². The molecule has 1 aliphatic rings. The number of rotatable bonds is 3. The van der Waals surface area contributed by atoms with Gasteiger partial charge in [0.15, 0.2) is 0 Å². The maximum atomic E-state index is 4.52. The van der Waals surface area contributed by atoms with E-state index in [0.29, 0.717) is 0 Å². The number of nitrogens with zero attached hydrogens (tertiary/aromatic N) is 3. The SMILES string of the molecule is CCc1c(NC)ncnc1N1CCCC(C)CC1. The molecule has 4 nitrogen and oxygen atoms in total. The molecule has 2 rings (SSSR count). The second-order valence-corrected chi connectivity index (χ2v) is 5.15. The lowest BCUT2D eigenvalue weighted by atomic mass is 10.0. The Morgan fingerprint density at radius 3 is 2.89 bits per heavy atom. The molecule has 0 amide bonds. The summed E-state index contributed by atoms with van der Waals surface area (Å²) in [5.41, 5.74) is 1.24. The van der Waals surface area contributed by atoms with Crippen LogP contribution < -0.4 is 10.2 Å². The minimum Gasteiger partial charge on any atom is -0.373 e. The molecule has 1 atom stereocenters. The van der Waals surface area contributed by atoms with Crippen molar-refractivity contribution in [1.29, 1.82) is 0 Å². The van der Waals surface area contributed by atoms with Crippen LogP contribution in [0, 0.1) is 5.92 Å². The molecule has 0 bridgehead atoms. The van der Waals surface area contributed by atoms with Gasteiger partial charge in [-0.2, -0.15) is 0 Å². The highest BCUT2D eigenvalue weighted by Gasteiger charge is 2.19. The third-order valence-electron chi connectivity index (χ3n) is 3.83. The minimum atomic E-state index is 0.839. The van der Waals surface area contributed by atoms with E-state index in [4.69, 9.17) is 0 Å². The van der Waals surface area contributed by atoms with E-state index in [-0.39, 0.29) is 0 Å². The number of hydrogen-bond donors (Lipinski definition) is 1. The van der Waals surface area contributed by atoms with Crippen molar-refractivity contribution in [3.05, 3.63) is 11.9 Å². The van der Waals surface area contributed by atoms with Crippen LogP contribution in [-0.2, 0) is 6.42 Å². The standard InChI is InChI=1S/C14H24N4/c1-4-12-13(15-3)16-10-17-14(12)18-8-5-6-11(2)7-9-18/h10-11H,4-9H2,1-3H3,(H,15,16,17). The predicted molar refractivity (Wildman–Crippen MR) is 76.2 cm³/mol. The number of hydrogen-bond acceptors (Lipinski definition) is 4. The van der Waals surface area contributed by atoms with Crippen LogP contribution >= 0.6 is 0 Å². The average molecular weight is 248 g/mol. The highest BCUT2D eigenvalue weighted by atomic mass is 15.2. The highest BCUT2D eigenvalue weighted by Crippen LogP contribution is 2.27. The molecule has 1 fully saturated rings. The van der Waals surface area contributed by atoms with Crippen LogP contribution in [0.25, 0.3) is 0 Å². The fourth-order valence-electron chi connectivity index (χ4n) is 2.69. The summed E-state index contributed by atoms with van der Waals surface area (Å²) in [5, 5.41) is 3.17. The third-order valence-corrected chi connectivity index (χ3v) is 3.83. The molecular formula is C14H24N4. The van der Waals surface area contributed by atoms with E-state index >= 15 is 0 Å². The van der Waals surface area contributed by atoms with Gasteiger partial charge in [-0.25, -0.2) is 9.97 Å². The Bertz CT molecular complexity index is 391. The van der Waals surface area contributed by atoms with Gasteiger partial charge in [-0.15, -0.1) is 0 Å². The summed E-state index contributed by atoms with van der Waals surface area (Å²) in [5.74, 6) is 2.94. The molecule has 4 heteroatoms. The van der Waals surface area contributed by atoms with E-state index in [1.165, 1.54) is 24.8 Å². The summed E-state index contributed by atoms with van der Waals surface area (Å²) in [6.07, 6.45) is 6.51. The van der Waals surface area contributed by atoms with Crippen molar-refractivity contribution >= 4 is 11.6 Å². The minimum absolute atomic E-state index is 0.839. The number of nitrogens with one attached hydrogen (secondary N) is 1. The van der Waals surface area contributed by atoms with Gasteiger partial charge in [0.1, 0.15) is 18.0 Å². The molecule has 1 N–H and O–H groups in total. The summed E-state index contributed by atoms with van der Waals surface area (Å²) in [6, 6.07) is 0. The monoisotopic (exact) mass is 248 g/mol. The van der Waals surface area contributed by atoms with Crippen molar-refractivity contribution in [3.63, 3.8) is 0 Å². The fraction of sp³-hybridized carbons (Fsp3) is 0.714. The van der Waals surface area contributed by atoms with Gasteiger partial charge < -0.3 is 10.2 Å². The van der Waals surface area contributed by atoms with Crippen molar-refractivity contribution in [2.24, 2.45) is 5.92 Å². The smallest absolute Gasteiger partial charge is 0.137 e. The molecule has 1 aromatic rings. The molecule has 1 saturated heterocycles. The Balaban J connectivity index is 2.26. The summed E-state index contributed by atoms with van der Waals surface area (Å²) in [4.78, 5) is 11.3. The Hall–Kier alpha value is -1.32. The quantitative estimate of drug-likeness (QED) is 0.893. The lowest BCUT2D eigenvalue weighted by Crippen LogP contribution is -2.27. The Morgan fingerprint density at radius 2 is 2.17 bits per heavy atom. The lowest BCUT2D eigenvalue weighted by molar-refractivity contribution is 0.521. The summed E-state index contributed by atoms with van der Waals surface area (Å²) in [7, 11) is 1.93. The van der Waals surface area contributed by atoms with Gasteiger partial charge in [-0.1, -0.05) is 13.8 Å². The third kappa shape index (κ3) is 2.74. The van der Waals surface area contributed by atoms with E-state index in [2.05, 4.69) is 34.0 Å². The largest absolute Gasteiger partial charge is 0.373 e. The predicted octanol–water partition coefficient (Wildman–Crippen LogP) is 2.71. The zero-order chi connectivity index (χ0) is 13.0. The molecule has 1 aliphatic heterocycles. The molecule has 0 aliphatic carbocycles. The van der Waals surface area contributed by atoms with E-state index in [1.807, 2.05) is 7.05 Å². The molecule has 0 aromatic carbocycles. The summed E-state index contributed by atoms with van der Waals surface area (Å²) >= 11 is 0. The van der Waals surface area contributed by atoms with Gasteiger partial charge in [-0.05, 0) is 31.6 Å². The zero-order valence-corrected chi connectivity index (χ0v) is 11.7. The molecule has 1 unspecified atom stereocenters. The van der Waals surface area contributed by atoms with Crippen molar-refractivity contribution in [1.82, 2.24) is 9.97 Å². The van der Waals surface area contributed by atoms with Crippen LogP contribution in [-0.4, -0.2) is 30.1 Å². The molecule has 0 spiro atoms. The topological polar surface area (TPSA) is 41.1 Å². The first kappa shape index (κ1) is 13.1. The van der Waals surface area contributed by atoms with E-state index < -0.39 is 0 Å². The second-order valence-electron chi connectivity index (χ2n) is 5.15. The number of aromatic nitrogens is 2. The van der Waals surface area contributed by atoms with Crippen molar-refractivity contribution in [2.75, 3.05) is 30.4 Å². The molecular weight excluding hydrogens is 224 g/mol. The number of anilines is 2. The van der Waals surface area contributed by atoms with Crippen LogP contribution in [0.4, 0.5) is 11.6 Å². The van der Waals surface area contributed by atoms with E-state index in [1.54, 1.807) is 6.33 Å². The molecule has 18 heavy (non-hydrogen) atoms. The average Bonchev–Trinajstić information content (AvgIpc) is 2.62. The first-order valence-electron chi connectivity index (χ1n) is 7.02. The van der Waals surface area contributed by atoms with Crippen molar-refractivity contribution < 1.29 is 0 Å². The van der Waals surface area contributed by atoms with Gasteiger partial charge in [0.05, 0.1) is 0 Å². The molecule has 0 saturated carbocycles.